The van der Waals surface area contributed by atoms with Crippen molar-refractivity contribution >= 4 is 0 Å². The molecule has 3 heteroatoms. The van der Waals surface area contributed by atoms with Gasteiger partial charge >= 0.3 is 0 Å². The molecule has 1 fully saturated rings. The first-order valence-corrected chi connectivity index (χ1v) is 4.83. The third kappa shape index (κ3) is 2.25. The van der Waals surface area contributed by atoms with E-state index < -0.39 is 0 Å². The fraction of sp³-hybridized carbons (Fsp3) is 0.600. The molecule has 1 aliphatic rings. The molecule has 0 aromatic carbocycles. The number of rotatable bonds is 3. The minimum Gasteiger partial charge on any atom is -0.323 e. The molecule has 0 radical (unpaired) electrons. The Kier molecular flexibility index (Phi) is 2.27. The summed E-state index contributed by atoms with van der Waals surface area (Å²) in [6, 6.07) is 1.90. The summed E-state index contributed by atoms with van der Waals surface area (Å²) in [7, 11) is 0. The molecule has 3 nitrogen and oxygen atoms in total. The smallest absolute Gasteiger partial charge is 0.128 e. The zero-order chi connectivity index (χ0) is 9.26. The van der Waals surface area contributed by atoms with Crippen LogP contribution in [0.5, 0.6) is 0 Å². The lowest BCUT2D eigenvalue weighted by Crippen LogP contribution is -2.09. The average molecular weight is 177 g/mol. The van der Waals surface area contributed by atoms with Gasteiger partial charge in [0.25, 0.3) is 0 Å². The van der Waals surface area contributed by atoms with E-state index >= 15 is 0 Å². The number of aromatic nitrogens is 2. The highest BCUT2D eigenvalue weighted by Gasteiger charge is 2.22. The van der Waals surface area contributed by atoms with Gasteiger partial charge in [-0.1, -0.05) is 0 Å². The van der Waals surface area contributed by atoms with Crippen LogP contribution in [0.1, 0.15) is 37.3 Å². The topological polar surface area (TPSA) is 51.8 Å². The quantitative estimate of drug-likeness (QED) is 0.760. The lowest BCUT2D eigenvalue weighted by molar-refractivity contribution is 0.719. The molecule has 13 heavy (non-hydrogen) atoms. The second-order valence-electron chi connectivity index (χ2n) is 3.83. The van der Waals surface area contributed by atoms with Gasteiger partial charge in [0.15, 0.2) is 0 Å². The van der Waals surface area contributed by atoms with Crippen molar-refractivity contribution in [2.45, 2.75) is 32.2 Å². The summed E-state index contributed by atoms with van der Waals surface area (Å²) in [5.41, 5.74) is 6.69. The van der Waals surface area contributed by atoms with E-state index in [0.717, 1.165) is 23.9 Å². The van der Waals surface area contributed by atoms with E-state index in [0.29, 0.717) is 0 Å². The second-order valence-corrected chi connectivity index (χ2v) is 3.83. The van der Waals surface area contributed by atoms with E-state index in [1.165, 1.54) is 12.8 Å². The van der Waals surface area contributed by atoms with E-state index in [1.54, 1.807) is 0 Å². The number of hydrogen-bond acceptors (Lipinski definition) is 3. The van der Waals surface area contributed by atoms with Crippen molar-refractivity contribution in [2.75, 3.05) is 0 Å². The molecule has 2 rings (SSSR count). The van der Waals surface area contributed by atoms with Crippen LogP contribution in [0.25, 0.3) is 0 Å². The molecular weight excluding hydrogens is 162 g/mol. The Morgan fingerprint density at radius 3 is 3.00 bits per heavy atom. The first-order valence-electron chi connectivity index (χ1n) is 4.83. The third-order valence-corrected chi connectivity index (χ3v) is 2.36. The number of hydrogen-bond donors (Lipinski definition) is 1. The Labute approximate surface area is 78.4 Å². The summed E-state index contributed by atoms with van der Waals surface area (Å²) in [6.45, 7) is 1.95. The van der Waals surface area contributed by atoms with Crippen LogP contribution in [0.2, 0.25) is 0 Å². The highest BCUT2D eigenvalue weighted by Crippen LogP contribution is 2.31. The van der Waals surface area contributed by atoms with Crippen molar-refractivity contribution in [3.63, 3.8) is 0 Å². The van der Waals surface area contributed by atoms with Crippen molar-refractivity contribution in [3.8, 4) is 0 Å². The summed E-state index contributed by atoms with van der Waals surface area (Å²) in [4.78, 5) is 8.65. The molecule has 1 unspecified atom stereocenters. The fourth-order valence-electron chi connectivity index (χ4n) is 1.35. The van der Waals surface area contributed by atoms with Crippen LogP contribution in [0, 0.1) is 5.92 Å². The standard InChI is InChI=1S/C10H15N3/c1-7(11)9-4-5-12-10(13-9)6-8-2-3-8/h4-5,7-8H,2-3,6,11H2,1H3. The predicted molar refractivity (Wildman–Crippen MR) is 51.1 cm³/mol. The van der Waals surface area contributed by atoms with Crippen molar-refractivity contribution in [1.29, 1.82) is 0 Å². The number of nitrogens with zero attached hydrogens (tertiary/aromatic N) is 2. The van der Waals surface area contributed by atoms with E-state index in [4.69, 9.17) is 5.73 Å². The van der Waals surface area contributed by atoms with Gasteiger partial charge in [-0.25, -0.2) is 9.97 Å². The Bertz CT molecular complexity index is 292. The van der Waals surface area contributed by atoms with Gasteiger partial charge in [-0.2, -0.15) is 0 Å². The maximum atomic E-state index is 5.74. The van der Waals surface area contributed by atoms with Gasteiger partial charge in [0.05, 0.1) is 5.69 Å². The minimum atomic E-state index is 0.0148. The zero-order valence-electron chi connectivity index (χ0n) is 7.90. The molecule has 0 aliphatic heterocycles. The molecule has 1 aromatic heterocycles. The molecule has 0 spiro atoms. The molecule has 1 saturated carbocycles. The largest absolute Gasteiger partial charge is 0.323 e. The van der Waals surface area contributed by atoms with Crippen LogP contribution in [0.3, 0.4) is 0 Å². The average Bonchev–Trinajstić information content (AvgIpc) is 2.89. The van der Waals surface area contributed by atoms with E-state index in [9.17, 15) is 0 Å². The van der Waals surface area contributed by atoms with Crippen LogP contribution in [0.4, 0.5) is 0 Å². The summed E-state index contributed by atoms with van der Waals surface area (Å²) in [6.07, 6.45) is 5.52. The molecular formula is C10H15N3. The molecule has 0 saturated heterocycles. The Hall–Kier alpha value is -0.960. The van der Waals surface area contributed by atoms with Gasteiger partial charge in [0, 0.05) is 18.7 Å². The molecule has 1 heterocycles. The van der Waals surface area contributed by atoms with E-state index in [-0.39, 0.29) is 6.04 Å². The number of nitrogens with two attached hydrogens (primary N) is 1. The van der Waals surface area contributed by atoms with Crippen LogP contribution in [-0.4, -0.2) is 9.97 Å². The molecule has 2 N–H and O–H groups in total. The fourth-order valence-corrected chi connectivity index (χ4v) is 1.35. The first kappa shape index (κ1) is 8.63. The Morgan fingerprint density at radius 1 is 1.62 bits per heavy atom. The van der Waals surface area contributed by atoms with Crippen molar-refractivity contribution in [3.05, 3.63) is 23.8 Å². The minimum absolute atomic E-state index is 0.0148. The van der Waals surface area contributed by atoms with Gasteiger partial charge in [0.1, 0.15) is 5.82 Å². The molecule has 70 valence electrons. The van der Waals surface area contributed by atoms with Crippen LogP contribution < -0.4 is 5.73 Å². The summed E-state index contributed by atoms with van der Waals surface area (Å²) in [5.74, 6) is 1.79. The molecule has 1 aromatic rings. The molecule has 1 atom stereocenters. The zero-order valence-corrected chi connectivity index (χ0v) is 7.90. The van der Waals surface area contributed by atoms with Crippen molar-refractivity contribution < 1.29 is 0 Å². The Morgan fingerprint density at radius 2 is 2.38 bits per heavy atom. The highest BCUT2D eigenvalue weighted by molar-refractivity contribution is 5.07. The van der Waals surface area contributed by atoms with Crippen molar-refractivity contribution in [1.82, 2.24) is 9.97 Å². The SMILES string of the molecule is CC(N)c1ccnc(CC2CC2)n1. The van der Waals surface area contributed by atoms with Gasteiger partial charge < -0.3 is 5.73 Å². The predicted octanol–water partition coefficient (Wildman–Crippen LogP) is 1.45. The second kappa shape index (κ2) is 3.42. The van der Waals surface area contributed by atoms with Gasteiger partial charge in [-0.3, -0.25) is 0 Å². The molecule has 0 bridgehead atoms. The summed E-state index contributed by atoms with van der Waals surface area (Å²) in [5, 5.41) is 0. The maximum absolute atomic E-state index is 5.74. The molecule has 1 aliphatic carbocycles. The lowest BCUT2D eigenvalue weighted by Gasteiger charge is -2.05. The Balaban J connectivity index is 2.11. The van der Waals surface area contributed by atoms with Crippen molar-refractivity contribution in [2.24, 2.45) is 11.7 Å². The van der Waals surface area contributed by atoms with E-state index in [1.807, 2.05) is 19.2 Å². The highest BCUT2D eigenvalue weighted by atomic mass is 14.9. The third-order valence-electron chi connectivity index (χ3n) is 2.36. The van der Waals surface area contributed by atoms with Gasteiger partial charge in [0.2, 0.25) is 0 Å². The van der Waals surface area contributed by atoms with E-state index in [2.05, 4.69) is 9.97 Å². The summed E-state index contributed by atoms with van der Waals surface area (Å²) < 4.78 is 0. The van der Waals surface area contributed by atoms with Crippen LogP contribution in [-0.2, 0) is 6.42 Å². The van der Waals surface area contributed by atoms with Gasteiger partial charge in [-0.05, 0) is 31.7 Å². The maximum Gasteiger partial charge on any atom is 0.128 e. The van der Waals surface area contributed by atoms with Gasteiger partial charge in [-0.15, -0.1) is 0 Å². The van der Waals surface area contributed by atoms with Crippen LogP contribution in [0.15, 0.2) is 12.3 Å². The lowest BCUT2D eigenvalue weighted by atomic mass is 10.2. The molecule has 0 amide bonds. The normalized spacial score (nSPS) is 18.6. The van der Waals surface area contributed by atoms with Crippen LogP contribution >= 0.6 is 0 Å². The monoisotopic (exact) mass is 177 g/mol. The first-order chi connectivity index (χ1) is 6.25. The summed E-state index contributed by atoms with van der Waals surface area (Å²) >= 11 is 0.